The first-order valence-electron chi connectivity index (χ1n) is 5.40. The molecule has 1 saturated heterocycles. The first-order chi connectivity index (χ1) is 7.31. The maximum Gasteiger partial charge on any atom is 0.176 e. The molecule has 2 aliphatic rings. The van der Waals surface area contributed by atoms with Crippen molar-refractivity contribution in [2.24, 2.45) is 5.73 Å². The minimum atomic E-state index is -0.409. The highest BCUT2D eigenvalue weighted by Gasteiger charge is 2.45. The number of rotatable bonds is 1. The number of hydrogen-bond donors (Lipinski definition) is 1. The molecule has 0 amide bonds. The Morgan fingerprint density at radius 3 is 2.47 bits per heavy atom. The molecule has 1 heterocycles. The molecule has 0 bridgehead atoms. The van der Waals surface area contributed by atoms with Crippen molar-refractivity contribution < 1.29 is 9.47 Å². The predicted octanol–water partition coefficient (Wildman–Crippen LogP) is 0.856. The summed E-state index contributed by atoms with van der Waals surface area (Å²) < 4.78 is 11.7. The van der Waals surface area contributed by atoms with Gasteiger partial charge < -0.3 is 15.2 Å². The zero-order valence-electron chi connectivity index (χ0n) is 8.61. The second kappa shape index (κ2) is 3.30. The Morgan fingerprint density at radius 2 is 1.93 bits per heavy atom. The van der Waals surface area contributed by atoms with E-state index in [1.807, 2.05) is 0 Å². The van der Waals surface area contributed by atoms with E-state index in [1.165, 1.54) is 11.1 Å². The fourth-order valence-corrected chi connectivity index (χ4v) is 2.46. The molecule has 1 atom stereocenters. The summed E-state index contributed by atoms with van der Waals surface area (Å²) >= 11 is 0. The molecule has 1 aromatic rings. The van der Waals surface area contributed by atoms with Crippen LogP contribution in [-0.2, 0) is 22.3 Å². The normalized spacial score (nSPS) is 27.1. The van der Waals surface area contributed by atoms with Crippen LogP contribution in [0, 0.1) is 0 Å². The fraction of sp³-hybridized carbons (Fsp3) is 0.500. The summed E-state index contributed by atoms with van der Waals surface area (Å²) in [5.41, 5.74) is 8.27. The van der Waals surface area contributed by atoms with Gasteiger partial charge in [-0.05, 0) is 11.1 Å². The van der Waals surface area contributed by atoms with Crippen LogP contribution in [0.15, 0.2) is 24.3 Å². The maximum absolute atomic E-state index is 5.89. The standard InChI is InChI=1S/C12H15NO2/c13-7-11-8-14-12(15-11)5-9-3-1-2-4-10(9)6-12/h1-4,11H,5-8,13H2. The van der Waals surface area contributed by atoms with Gasteiger partial charge in [0, 0.05) is 19.4 Å². The van der Waals surface area contributed by atoms with E-state index in [-0.39, 0.29) is 6.10 Å². The molecule has 3 nitrogen and oxygen atoms in total. The molecular weight excluding hydrogens is 190 g/mol. The van der Waals surface area contributed by atoms with Crippen LogP contribution in [0.4, 0.5) is 0 Å². The van der Waals surface area contributed by atoms with Gasteiger partial charge in [0.15, 0.2) is 5.79 Å². The third-order valence-electron chi connectivity index (χ3n) is 3.21. The molecule has 3 heteroatoms. The third-order valence-corrected chi connectivity index (χ3v) is 3.21. The van der Waals surface area contributed by atoms with Gasteiger partial charge in [0.25, 0.3) is 0 Å². The van der Waals surface area contributed by atoms with E-state index in [4.69, 9.17) is 15.2 Å². The quantitative estimate of drug-likeness (QED) is 0.739. The Bertz CT molecular complexity index is 353. The summed E-state index contributed by atoms with van der Waals surface area (Å²) in [6.07, 6.45) is 1.79. The first kappa shape index (κ1) is 9.33. The molecule has 15 heavy (non-hydrogen) atoms. The lowest BCUT2D eigenvalue weighted by Gasteiger charge is -2.21. The van der Waals surface area contributed by atoms with E-state index in [0.29, 0.717) is 13.2 Å². The number of hydrogen-bond acceptors (Lipinski definition) is 3. The van der Waals surface area contributed by atoms with Crippen LogP contribution in [-0.4, -0.2) is 25.0 Å². The zero-order valence-corrected chi connectivity index (χ0v) is 8.61. The molecule has 1 aromatic carbocycles. The van der Waals surface area contributed by atoms with Crippen LogP contribution in [0.1, 0.15) is 11.1 Å². The van der Waals surface area contributed by atoms with Crippen LogP contribution < -0.4 is 5.73 Å². The topological polar surface area (TPSA) is 44.5 Å². The van der Waals surface area contributed by atoms with Gasteiger partial charge in [-0.2, -0.15) is 0 Å². The summed E-state index contributed by atoms with van der Waals surface area (Å²) in [5, 5.41) is 0. The van der Waals surface area contributed by atoms with E-state index in [2.05, 4.69) is 24.3 Å². The molecule has 0 saturated carbocycles. The van der Waals surface area contributed by atoms with Crippen molar-refractivity contribution in [1.82, 2.24) is 0 Å². The van der Waals surface area contributed by atoms with Crippen molar-refractivity contribution in [1.29, 1.82) is 0 Å². The van der Waals surface area contributed by atoms with Crippen LogP contribution in [0.3, 0.4) is 0 Å². The molecule has 1 spiro atoms. The zero-order chi connectivity index (χ0) is 10.3. The maximum atomic E-state index is 5.89. The van der Waals surface area contributed by atoms with Crippen LogP contribution in [0.5, 0.6) is 0 Å². The van der Waals surface area contributed by atoms with Crippen molar-refractivity contribution in [2.45, 2.75) is 24.7 Å². The molecular formula is C12H15NO2. The molecule has 1 unspecified atom stereocenters. The largest absolute Gasteiger partial charge is 0.346 e. The molecule has 0 aromatic heterocycles. The monoisotopic (exact) mass is 205 g/mol. The molecule has 0 radical (unpaired) electrons. The van der Waals surface area contributed by atoms with Gasteiger partial charge in [0.2, 0.25) is 0 Å². The second-order valence-corrected chi connectivity index (χ2v) is 4.32. The summed E-state index contributed by atoms with van der Waals surface area (Å²) in [7, 11) is 0. The van der Waals surface area contributed by atoms with Gasteiger partial charge in [-0.25, -0.2) is 0 Å². The summed E-state index contributed by atoms with van der Waals surface area (Å²) in [6, 6.07) is 8.42. The predicted molar refractivity (Wildman–Crippen MR) is 56.5 cm³/mol. The van der Waals surface area contributed by atoms with E-state index in [1.54, 1.807) is 0 Å². The first-order valence-corrected chi connectivity index (χ1v) is 5.40. The van der Waals surface area contributed by atoms with E-state index in [9.17, 15) is 0 Å². The molecule has 1 fully saturated rings. The third kappa shape index (κ3) is 1.47. The van der Waals surface area contributed by atoms with Gasteiger partial charge in [-0.15, -0.1) is 0 Å². The van der Waals surface area contributed by atoms with Crippen LogP contribution in [0.2, 0.25) is 0 Å². The van der Waals surface area contributed by atoms with E-state index >= 15 is 0 Å². The van der Waals surface area contributed by atoms with Gasteiger partial charge in [0.05, 0.1) is 12.7 Å². The highest BCUT2D eigenvalue weighted by Crippen LogP contribution is 2.37. The highest BCUT2D eigenvalue weighted by atomic mass is 16.7. The SMILES string of the molecule is NCC1COC2(Cc3ccccc3C2)O1. The number of fused-ring (bicyclic) bond motifs is 1. The molecule has 2 N–H and O–H groups in total. The average molecular weight is 205 g/mol. The Kier molecular flexibility index (Phi) is 2.06. The lowest BCUT2D eigenvalue weighted by Crippen LogP contribution is -2.33. The van der Waals surface area contributed by atoms with E-state index in [0.717, 1.165) is 12.8 Å². The number of benzene rings is 1. The summed E-state index contributed by atoms with van der Waals surface area (Å²) in [4.78, 5) is 0. The lowest BCUT2D eigenvalue weighted by atomic mass is 10.1. The minimum absolute atomic E-state index is 0.0688. The summed E-state index contributed by atoms with van der Waals surface area (Å²) in [5.74, 6) is -0.409. The minimum Gasteiger partial charge on any atom is -0.346 e. The van der Waals surface area contributed by atoms with Gasteiger partial charge >= 0.3 is 0 Å². The van der Waals surface area contributed by atoms with Crippen molar-refractivity contribution in [3.63, 3.8) is 0 Å². The highest BCUT2D eigenvalue weighted by molar-refractivity contribution is 5.34. The Balaban J connectivity index is 1.84. The van der Waals surface area contributed by atoms with Crippen molar-refractivity contribution in [2.75, 3.05) is 13.2 Å². The van der Waals surface area contributed by atoms with Crippen LogP contribution >= 0.6 is 0 Å². The fourth-order valence-electron chi connectivity index (χ4n) is 2.46. The van der Waals surface area contributed by atoms with Crippen molar-refractivity contribution in [3.05, 3.63) is 35.4 Å². The van der Waals surface area contributed by atoms with Crippen molar-refractivity contribution in [3.8, 4) is 0 Å². The second-order valence-electron chi connectivity index (χ2n) is 4.32. The molecule has 1 aliphatic carbocycles. The van der Waals surface area contributed by atoms with Crippen molar-refractivity contribution >= 4 is 0 Å². The molecule has 3 rings (SSSR count). The summed E-state index contributed by atoms with van der Waals surface area (Å²) in [6.45, 7) is 1.17. The van der Waals surface area contributed by atoms with Gasteiger partial charge in [-0.3, -0.25) is 0 Å². The Hall–Kier alpha value is -0.900. The Morgan fingerprint density at radius 1 is 1.27 bits per heavy atom. The Labute approximate surface area is 89.2 Å². The van der Waals surface area contributed by atoms with Gasteiger partial charge in [-0.1, -0.05) is 24.3 Å². The number of ether oxygens (including phenoxy) is 2. The molecule has 1 aliphatic heterocycles. The van der Waals surface area contributed by atoms with Gasteiger partial charge in [0.1, 0.15) is 0 Å². The number of nitrogens with two attached hydrogens (primary N) is 1. The molecule has 80 valence electrons. The van der Waals surface area contributed by atoms with Crippen LogP contribution in [0.25, 0.3) is 0 Å². The lowest BCUT2D eigenvalue weighted by molar-refractivity contribution is -0.158. The van der Waals surface area contributed by atoms with E-state index < -0.39 is 5.79 Å². The smallest absolute Gasteiger partial charge is 0.176 e. The average Bonchev–Trinajstić information content (AvgIpc) is 2.81.